The molecule has 76 valence electrons. The summed E-state index contributed by atoms with van der Waals surface area (Å²) in [6.07, 6.45) is 7.41. The highest BCUT2D eigenvalue weighted by Gasteiger charge is 2.55. The van der Waals surface area contributed by atoms with E-state index in [4.69, 9.17) is 0 Å². The van der Waals surface area contributed by atoms with Crippen LogP contribution in [0.15, 0.2) is 0 Å². The Hall–Kier alpha value is 0. The van der Waals surface area contributed by atoms with Crippen LogP contribution >= 0.6 is 0 Å². The van der Waals surface area contributed by atoms with Gasteiger partial charge < -0.3 is 0 Å². The van der Waals surface area contributed by atoms with Gasteiger partial charge in [0.05, 0.1) is 0 Å². The Morgan fingerprint density at radius 3 is 2.08 bits per heavy atom. The second-order valence-corrected chi connectivity index (χ2v) is 6.33. The summed E-state index contributed by atoms with van der Waals surface area (Å²) in [7, 11) is 0. The fourth-order valence-corrected chi connectivity index (χ4v) is 3.95. The zero-order chi connectivity index (χ0) is 9.69. The molecule has 0 aliphatic heterocycles. The van der Waals surface area contributed by atoms with Crippen LogP contribution in [0.3, 0.4) is 0 Å². The molecule has 0 nitrogen and oxygen atoms in total. The molecule has 0 aromatic rings. The van der Waals surface area contributed by atoms with E-state index in [1.807, 2.05) is 0 Å². The third kappa shape index (κ3) is 1.17. The molecule has 0 aromatic heterocycles. The second kappa shape index (κ2) is 2.74. The van der Waals surface area contributed by atoms with Crippen molar-refractivity contribution in [2.45, 2.75) is 59.8 Å². The summed E-state index contributed by atoms with van der Waals surface area (Å²) in [6.45, 7) is 9.94. The summed E-state index contributed by atoms with van der Waals surface area (Å²) in [6, 6.07) is 0. The smallest absolute Gasteiger partial charge is 0.0218 e. The van der Waals surface area contributed by atoms with Crippen LogP contribution in [0.1, 0.15) is 59.8 Å². The fraction of sp³-hybridized carbons (Fsp3) is 1.00. The summed E-state index contributed by atoms with van der Waals surface area (Å²) in [5, 5.41) is 0. The van der Waals surface area contributed by atoms with E-state index in [0.717, 1.165) is 17.3 Å². The first-order chi connectivity index (χ1) is 5.98. The Kier molecular flexibility index (Phi) is 2.02. The highest BCUT2D eigenvalue weighted by Crippen LogP contribution is 2.65. The van der Waals surface area contributed by atoms with Gasteiger partial charge in [-0.05, 0) is 48.3 Å². The summed E-state index contributed by atoms with van der Waals surface area (Å²) in [5.74, 6) is 1.97. The third-order valence-electron chi connectivity index (χ3n) is 5.29. The molecule has 2 rings (SSSR count). The molecule has 0 aromatic carbocycles. The first-order valence-corrected chi connectivity index (χ1v) is 5.98. The monoisotopic (exact) mass is 180 g/mol. The molecule has 0 radical (unpaired) electrons. The van der Waals surface area contributed by atoms with Crippen LogP contribution < -0.4 is 0 Å². The van der Waals surface area contributed by atoms with Gasteiger partial charge in [-0.25, -0.2) is 0 Å². The van der Waals surface area contributed by atoms with E-state index in [-0.39, 0.29) is 0 Å². The van der Waals surface area contributed by atoms with E-state index < -0.39 is 0 Å². The lowest BCUT2D eigenvalue weighted by molar-refractivity contribution is -0.120. The molecule has 0 heteroatoms. The molecule has 0 heterocycles. The largest absolute Gasteiger partial charge is 0.0625 e. The molecule has 2 aliphatic rings. The molecule has 1 spiro atoms. The fourth-order valence-electron chi connectivity index (χ4n) is 3.95. The van der Waals surface area contributed by atoms with Gasteiger partial charge in [-0.15, -0.1) is 0 Å². The maximum absolute atomic E-state index is 2.51. The highest BCUT2D eigenvalue weighted by atomic mass is 14.6. The summed E-state index contributed by atoms with van der Waals surface area (Å²) in [4.78, 5) is 0. The van der Waals surface area contributed by atoms with Gasteiger partial charge in [0, 0.05) is 0 Å². The molecule has 0 N–H and O–H groups in total. The molecular weight excluding hydrogens is 156 g/mol. The van der Waals surface area contributed by atoms with E-state index in [0.29, 0.717) is 5.41 Å². The van der Waals surface area contributed by atoms with Crippen LogP contribution in [0, 0.1) is 22.7 Å². The lowest BCUT2D eigenvalue weighted by atomic mass is 9.43. The van der Waals surface area contributed by atoms with Crippen LogP contribution in [0.25, 0.3) is 0 Å². The molecule has 2 unspecified atom stereocenters. The SMILES string of the molecule is CC1CCC12C[C@@H](C)CCC2(C)C. The Bertz CT molecular complexity index is 204. The summed E-state index contributed by atoms with van der Waals surface area (Å²) >= 11 is 0. The van der Waals surface area contributed by atoms with Crippen molar-refractivity contribution in [3.8, 4) is 0 Å². The van der Waals surface area contributed by atoms with Crippen LogP contribution in [0.5, 0.6) is 0 Å². The Morgan fingerprint density at radius 2 is 1.69 bits per heavy atom. The van der Waals surface area contributed by atoms with Crippen molar-refractivity contribution in [2.24, 2.45) is 22.7 Å². The van der Waals surface area contributed by atoms with Gasteiger partial charge in [-0.3, -0.25) is 0 Å². The van der Waals surface area contributed by atoms with Crippen molar-refractivity contribution in [3.05, 3.63) is 0 Å². The van der Waals surface area contributed by atoms with Crippen molar-refractivity contribution in [3.63, 3.8) is 0 Å². The van der Waals surface area contributed by atoms with Crippen LogP contribution in [-0.2, 0) is 0 Å². The summed E-state index contributed by atoms with van der Waals surface area (Å²) in [5.41, 5.74) is 1.35. The topological polar surface area (TPSA) is 0 Å². The lowest BCUT2D eigenvalue weighted by Gasteiger charge is -2.62. The van der Waals surface area contributed by atoms with Crippen LogP contribution in [-0.4, -0.2) is 0 Å². The van der Waals surface area contributed by atoms with E-state index >= 15 is 0 Å². The van der Waals surface area contributed by atoms with E-state index in [1.165, 1.54) is 32.1 Å². The van der Waals surface area contributed by atoms with E-state index in [2.05, 4.69) is 27.7 Å². The predicted molar refractivity (Wildman–Crippen MR) is 57.6 cm³/mol. The maximum Gasteiger partial charge on any atom is -0.0218 e. The van der Waals surface area contributed by atoms with Gasteiger partial charge in [0.1, 0.15) is 0 Å². The van der Waals surface area contributed by atoms with Gasteiger partial charge in [0.2, 0.25) is 0 Å². The van der Waals surface area contributed by atoms with Crippen molar-refractivity contribution in [1.29, 1.82) is 0 Å². The molecule has 2 aliphatic carbocycles. The van der Waals surface area contributed by atoms with Crippen molar-refractivity contribution in [1.82, 2.24) is 0 Å². The van der Waals surface area contributed by atoms with Crippen molar-refractivity contribution in [2.75, 3.05) is 0 Å². The predicted octanol–water partition coefficient (Wildman–Crippen LogP) is 4.25. The molecule has 3 atom stereocenters. The zero-order valence-corrected chi connectivity index (χ0v) is 9.69. The second-order valence-electron chi connectivity index (χ2n) is 6.33. The lowest BCUT2D eigenvalue weighted by Crippen LogP contribution is -2.53. The molecule has 2 fully saturated rings. The van der Waals surface area contributed by atoms with Gasteiger partial charge in [-0.1, -0.05) is 34.1 Å². The number of hydrogen-bond donors (Lipinski definition) is 0. The minimum absolute atomic E-state index is 0.622. The molecule has 0 saturated heterocycles. The first kappa shape index (κ1) is 9.55. The van der Waals surface area contributed by atoms with E-state index in [9.17, 15) is 0 Å². The van der Waals surface area contributed by atoms with Gasteiger partial charge >= 0.3 is 0 Å². The van der Waals surface area contributed by atoms with Gasteiger partial charge in [0.25, 0.3) is 0 Å². The highest BCUT2D eigenvalue weighted by molar-refractivity contribution is 5.05. The molecule has 13 heavy (non-hydrogen) atoms. The first-order valence-electron chi connectivity index (χ1n) is 5.98. The molecular formula is C13H24. The average Bonchev–Trinajstić information content (AvgIpc) is 2.06. The standard InChI is InChI=1S/C13H24/c1-10-5-7-12(3,4)13(9-10)8-6-11(13)2/h10-11H,5-9H2,1-4H3/t10-,11?,13?/m0/s1. The van der Waals surface area contributed by atoms with Crippen LogP contribution in [0.4, 0.5) is 0 Å². The quantitative estimate of drug-likeness (QED) is 0.523. The maximum atomic E-state index is 2.51. The Morgan fingerprint density at radius 1 is 1.00 bits per heavy atom. The normalized spacial score (nSPS) is 48.9. The van der Waals surface area contributed by atoms with E-state index in [1.54, 1.807) is 0 Å². The number of hydrogen-bond acceptors (Lipinski definition) is 0. The third-order valence-corrected chi connectivity index (χ3v) is 5.29. The van der Waals surface area contributed by atoms with Crippen molar-refractivity contribution >= 4 is 0 Å². The molecule has 0 bridgehead atoms. The zero-order valence-electron chi connectivity index (χ0n) is 9.69. The summed E-state index contributed by atoms with van der Waals surface area (Å²) < 4.78 is 0. The van der Waals surface area contributed by atoms with Gasteiger partial charge in [-0.2, -0.15) is 0 Å². The minimum Gasteiger partial charge on any atom is -0.0625 e. The Labute approximate surface area is 83.1 Å². The number of rotatable bonds is 0. The van der Waals surface area contributed by atoms with Gasteiger partial charge in [0.15, 0.2) is 0 Å². The Balaban J connectivity index is 2.22. The minimum atomic E-state index is 0.622. The van der Waals surface area contributed by atoms with Crippen molar-refractivity contribution < 1.29 is 0 Å². The molecule has 2 saturated carbocycles. The van der Waals surface area contributed by atoms with Crippen LogP contribution in [0.2, 0.25) is 0 Å². The average molecular weight is 180 g/mol. The molecule has 0 amide bonds.